The van der Waals surface area contributed by atoms with Crippen molar-refractivity contribution in [2.45, 2.75) is 45.2 Å². The molecule has 2 aromatic rings. The van der Waals surface area contributed by atoms with Gasteiger partial charge in [-0.05, 0) is 49.6 Å². The van der Waals surface area contributed by atoms with Crippen LogP contribution in [-0.2, 0) is 6.54 Å². The molecule has 0 bridgehead atoms. The Balaban J connectivity index is 1.77. The highest BCUT2D eigenvalue weighted by atomic mass is 16.4. The molecule has 1 aliphatic carbocycles. The van der Waals surface area contributed by atoms with Gasteiger partial charge in [0.1, 0.15) is 5.58 Å². The highest BCUT2D eigenvalue weighted by molar-refractivity contribution is 5.91. The van der Waals surface area contributed by atoms with E-state index in [1.807, 2.05) is 18.2 Å². The summed E-state index contributed by atoms with van der Waals surface area (Å²) >= 11 is 0. The van der Waals surface area contributed by atoms with E-state index in [1.165, 1.54) is 31.2 Å². The third-order valence-electron chi connectivity index (χ3n) is 4.04. The van der Waals surface area contributed by atoms with Crippen LogP contribution in [0.25, 0.3) is 11.0 Å². The first-order chi connectivity index (χ1) is 10.2. The van der Waals surface area contributed by atoms with Crippen LogP contribution in [0.15, 0.2) is 28.7 Å². The van der Waals surface area contributed by atoms with E-state index in [-0.39, 0.29) is 5.76 Å². The molecular weight excluding hydrogens is 266 g/mol. The average molecular weight is 287 g/mol. The highest BCUT2D eigenvalue weighted by Crippen LogP contribution is 2.29. The minimum atomic E-state index is -1.02. The lowest BCUT2D eigenvalue weighted by Crippen LogP contribution is -2.26. The van der Waals surface area contributed by atoms with Crippen LogP contribution in [0.4, 0.5) is 0 Å². The number of carbonyl (C=O) groups is 1. The van der Waals surface area contributed by atoms with Gasteiger partial charge in [-0.15, -0.1) is 0 Å². The summed E-state index contributed by atoms with van der Waals surface area (Å²) in [7, 11) is 0. The number of hydrogen-bond donors (Lipinski definition) is 1. The van der Waals surface area contributed by atoms with Crippen molar-refractivity contribution in [3.05, 3.63) is 35.6 Å². The predicted octanol–water partition coefficient (Wildman–Crippen LogP) is 3.90. The number of unbranched alkanes of at least 4 members (excludes halogenated alkanes) is 1. The first-order valence-electron chi connectivity index (χ1n) is 7.67. The fraction of sp³-hybridized carbons (Fsp3) is 0.471. The van der Waals surface area contributed by atoms with Gasteiger partial charge in [0.15, 0.2) is 0 Å². The summed E-state index contributed by atoms with van der Waals surface area (Å²) in [6.07, 6.45) is 5.06. The molecule has 4 nitrogen and oxygen atoms in total. The second kappa shape index (κ2) is 5.90. The predicted molar refractivity (Wildman–Crippen MR) is 81.5 cm³/mol. The number of rotatable bonds is 7. The van der Waals surface area contributed by atoms with Gasteiger partial charge >= 0.3 is 5.97 Å². The quantitative estimate of drug-likeness (QED) is 0.839. The zero-order valence-electron chi connectivity index (χ0n) is 12.3. The van der Waals surface area contributed by atoms with E-state index < -0.39 is 5.97 Å². The fourth-order valence-electron chi connectivity index (χ4n) is 2.72. The Bertz CT molecular complexity index is 643. The second-order valence-electron chi connectivity index (χ2n) is 5.84. The highest BCUT2D eigenvalue weighted by Gasteiger charge is 2.28. The van der Waals surface area contributed by atoms with E-state index in [1.54, 1.807) is 6.07 Å². The van der Waals surface area contributed by atoms with Crippen molar-refractivity contribution in [2.75, 3.05) is 6.54 Å². The molecule has 1 fully saturated rings. The molecule has 4 heteroatoms. The Morgan fingerprint density at radius 2 is 2.19 bits per heavy atom. The lowest BCUT2D eigenvalue weighted by molar-refractivity contribution is 0.0665. The lowest BCUT2D eigenvalue weighted by atomic mass is 10.1. The SMILES string of the molecule is CCCCN(Cc1ccc2oc(C(=O)O)cc2c1)C1CC1. The van der Waals surface area contributed by atoms with E-state index in [9.17, 15) is 4.79 Å². The van der Waals surface area contributed by atoms with Crippen LogP contribution in [0.5, 0.6) is 0 Å². The summed E-state index contributed by atoms with van der Waals surface area (Å²) in [5, 5.41) is 9.85. The minimum absolute atomic E-state index is 0.00665. The minimum Gasteiger partial charge on any atom is -0.475 e. The largest absolute Gasteiger partial charge is 0.475 e. The lowest BCUT2D eigenvalue weighted by Gasteiger charge is -2.21. The molecule has 0 aliphatic heterocycles. The third-order valence-corrected chi connectivity index (χ3v) is 4.04. The standard InChI is InChI=1S/C17H21NO3/c1-2-3-8-18(14-5-6-14)11-12-4-7-15-13(9-12)10-16(21-15)17(19)20/h4,7,9-10,14H,2-3,5-6,8,11H2,1H3,(H,19,20). The van der Waals surface area contributed by atoms with Gasteiger partial charge in [0.25, 0.3) is 0 Å². The molecule has 1 saturated carbocycles. The molecule has 0 atom stereocenters. The van der Waals surface area contributed by atoms with E-state index in [0.29, 0.717) is 5.58 Å². The number of nitrogens with zero attached hydrogens (tertiary/aromatic N) is 1. The molecule has 3 rings (SSSR count). The molecule has 1 heterocycles. The summed E-state index contributed by atoms with van der Waals surface area (Å²) in [5.41, 5.74) is 1.87. The number of hydrogen-bond acceptors (Lipinski definition) is 3. The molecule has 0 radical (unpaired) electrons. The summed E-state index contributed by atoms with van der Waals surface area (Å²) in [4.78, 5) is 13.5. The van der Waals surface area contributed by atoms with E-state index in [4.69, 9.17) is 9.52 Å². The first-order valence-corrected chi connectivity index (χ1v) is 7.67. The van der Waals surface area contributed by atoms with Crippen LogP contribution in [0, 0.1) is 0 Å². The van der Waals surface area contributed by atoms with Crippen molar-refractivity contribution in [2.24, 2.45) is 0 Å². The van der Waals surface area contributed by atoms with Crippen molar-refractivity contribution < 1.29 is 14.3 Å². The molecule has 0 spiro atoms. The smallest absolute Gasteiger partial charge is 0.371 e. The Morgan fingerprint density at radius 1 is 1.38 bits per heavy atom. The molecule has 0 saturated heterocycles. The Morgan fingerprint density at radius 3 is 2.86 bits per heavy atom. The summed E-state index contributed by atoms with van der Waals surface area (Å²) in [6, 6.07) is 8.31. The van der Waals surface area contributed by atoms with Gasteiger partial charge < -0.3 is 9.52 Å². The molecule has 1 aliphatic rings. The van der Waals surface area contributed by atoms with Crippen molar-refractivity contribution in [1.29, 1.82) is 0 Å². The third kappa shape index (κ3) is 3.27. The normalized spacial score (nSPS) is 15.0. The second-order valence-corrected chi connectivity index (χ2v) is 5.84. The van der Waals surface area contributed by atoms with Crippen LogP contribution < -0.4 is 0 Å². The number of carboxylic acids is 1. The molecule has 21 heavy (non-hydrogen) atoms. The molecule has 1 N–H and O–H groups in total. The number of carboxylic acid groups (broad SMARTS) is 1. The van der Waals surface area contributed by atoms with E-state index in [0.717, 1.165) is 24.5 Å². The first kappa shape index (κ1) is 14.1. The van der Waals surface area contributed by atoms with Gasteiger partial charge in [0.05, 0.1) is 0 Å². The van der Waals surface area contributed by atoms with Gasteiger partial charge in [-0.3, -0.25) is 4.90 Å². The van der Waals surface area contributed by atoms with E-state index in [2.05, 4.69) is 11.8 Å². The molecule has 1 aromatic heterocycles. The van der Waals surface area contributed by atoms with Gasteiger partial charge in [-0.25, -0.2) is 4.79 Å². The zero-order chi connectivity index (χ0) is 14.8. The number of furan rings is 1. The number of benzene rings is 1. The van der Waals surface area contributed by atoms with Crippen LogP contribution >= 0.6 is 0 Å². The maximum atomic E-state index is 10.9. The van der Waals surface area contributed by atoms with Crippen molar-refractivity contribution in [3.8, 4) is 0 Å². The zero-order valence-corrected chi connectivity index (χ0v) is 12.3. The van der Waals surface area contributed by atoms with Crippen LogP contribution in [-0.4, -0.2) is 28.6 Å². The average Bonchev–Trinajstić information content (AvgIpc) is 3.22. The maximum Gasteiger partial charge on any atom is 0.371 e. The van der Waals surface area contributed by atoms with Crippen LogP contribution in [0.3, 0.4) is 0 Å². The van der Waals surface area contributed by atoms with Crippen molar-refractivity contribution >= 4 is 16.9 Å². The monoisotopic (exact) mass is 287 g/mol. The summed E-state index contributed by atoms with van der Waals surface area (Å²) in [5.74, 6) is -1.01. The maximum absolute atomic E-state index is 10.9. The Labute approximate surface area is 124 Å². The van der Waals surface area contributed by atoms with Crippen molar-refractivity contribution in [1.82, 2.24) is 4.90 Å². The van der Waals surface area contributed by atoms with Gasteiger partial charge in [0, 0.05) is 18.0 Å². The van der Waals surface area contributed by atoms with Gasteiger partial charge in [0.2, 0.25) is 5.76 Å². The molecular formula is C17H21NO3. The number of aromatic carboxylic acids is 1. The number of fused-ring (bicyclic) bond motifs is 1. The van der Waals surface area contributed by atoms with Gasteiger partial charge in [-0.1, -0.05) is 19.4 Å². The summed E-state index contributed by atoms with van der Waals surface area (Å²) < 4.78 is 5.30. The molecule has 0 amide bonds. The van der Waals surface area contributed by atoms with Crippen LogP contribution in [0.1, 0.15) is 48.7 Å². The topological polar surface area (TPSA) is 53.7 Å². The van der Waals surface area contributed by atoms with Crippen LogP contribution in [0.2, 0.25) is 0 Å². The Kier molecular flexibility index (Phi) is 3.97. The molecule has 112 valence electrons. The molecule has 0 unspecified atom stereocenters. The van der Waals surface area contributed by atoms with Crippen molar-refractivity contribution in [3.63, 3.8) is 0 Å². The fourth-order valence-corrected chi connectivity index (χ4v) is 2.72. The van der Waals surface area contributed by atoms with E-state index >= 15 is 0 Å². The summed E-state index contributed by atoms with van der Waals surface area (Å²) in [6.45, 7) is 4.30. The Hall–Kier alpha value is -1.81. The molecule has 1 aromatic carbocycles. The van der Waals surface area contributed by atoms with Gasteiger partial charge in [-0.2, -0.15) is 0 Å².